The number of rotatable bonds is 3. The molecule has 2 rings (SSSR count). The minimum atomic E-state index is -1.04. The van der Waals surface area contributed by atoms with Crippen LogP contribution in [0.15, 0.2) is 11.0 Å². The molecule has 0 atom stereocenters. The summed E-state index contributed by atoms with van der Waals surface area (Å²) in [5.74, 6) is -0.873. The van der Waals surface area contributed by atoms with Gasteiger partial charge < -0.3 is 5.11 Å². The third-order valence-electron chi connectivity index (χ3n) is 3.26. The van der Waals surface area contributed by atoms with Crippen LogP contribution in [0.1, 0.15) is 25.7 Å². The van der Waals surface area contributed by atoms with Crippen molar-refractivity contribution in [3.8, 4) is 0 Å². The van der Waals surface area contributed by atoms with Gasteiger partial charge in [-0.2, -0.15) is 0 Å². The number of carbonyl (C=O) groups excluding carboxylic acids is 1. The van der Waals surface area contributed by atoms with Gasteiger partial charge in [0.15, 0.2) is 0 Å². The molecule has 0 aromatic rings. The first kappa shape index (κ1) is 15.2. The highest BCUT2D eigenvalue weighted by Gasteiger charge is 2.34. The predicted molar refractivity (Wildman–Crippen MR) is 87.4 cm³/mol. The van der Waals surface area contributed by atoms with E-state index in [1.807, 2.05) is 6.08 Å². The standard InChI is InChI=1S/C12H14INO3S2/c13-8-3-1-7(2-4-8)5-9-11(17)14(6-10(15)16)12(18)19-9/h5,7-8H,1-4,6H2,(H,15,16). The van der Waals surface area contributed by atoms with Crippen molar-refractivity contribution in [3.05, 3.63) is 11.0 Å². The number of halogens is 1. The van der Waals surface area contributed by atoms with E-state index in [1.54, 1.807) is 0 Å². The van der Waals surface area contributed by atoms with E-state index in [4.69, 9.17) is 17.3 Å². The molecule has 0 aromatic carbocycles. The molecule has 0 bridgehead atoms. The zero-order chi connectivity index (χ0) is 14.0. The number of carbonyl (C=O) groups is 2. The van der Waals surface area contributed by atoms with Crippen molar-refractivity contribution in [2.45, 2.75) is 29.6 Å². The van der Waals surface area contributed by atoms with Crippen LogP contribution in [0.25, 0.3) is 0 Å². The number of aliphatic carboxylic acids is 1. The molecular weight excluding hydrogens is 397 g/mol. The molecule has 4 nitrogen and oxygen atoms in total. The molecule has 7 heteroatoms. The Morgan fingerprint density at radius 2 is 2.11 bits per heavy atom. The van der Waals surface area contributed by atoms with Gasteiger partial charge in [0.2, 0.25) is 0 Å². The van der Waals surface area contributed by atoms with Crippen LogP contribution in [0.3, 0.4) is 0 Å². The molecule has 19 heavy (non-hydrogen) atoms. The highest BCUT2D eigenvalue weighted by molar-refractivity contribution is 14.1. The van der Waals surface area contributed by atoms with Crippen LogP contribution < -0.4 is 0 Å². The van der Waals surface area contributed by atoms with Gasteiger partial charge in [0.05, 0.1) is 4.91 Å². The normalized spacial score (nSPS) is 30.2. The molecule has 2 aliphatic rings. The minimum absolute atomic E-state index is 0.256. The number of amides is 1. The second kappa shape index (κ2) is 6.53. The Balaban J connectivity index is 2.03. The molecule has 0 unspecified atom stereocenters. The topological polar surface area (TPSA) is 57.6 Å². The van der Waals surface area contributed by atoms with Crippen LogP contribution in [0.4, 0.5) is 0 Å². The quantitative estimate of drug-likeness (QED) is 0.335. The molecule has 0 spiro atoms. The zero-order valence-corrected chi connectivity index (χ0v) is 14.0. The minimum Gasteiger partial charge on any atom is -0.480 e. The lowest BCUT2D eigenvalue weighted by atomic mass is 9.89. The molecule has 104 valence electrons. The fourth-order valence-corrected chi connectivity index (χ4v) is 4.28. The molecular formula is C12H14INO3S2. The Hall–Kier alpha value is -0.150. The maximum Gasteiger partial charge on any atom is 0.323 e. The number of hydrogen-bond acceptors (Lipinski definition) is 4. The number of allylic oxidation sites excluding steroid dienone is 1. The van der Waals surface area contributed by atoms with E-state index < -0.39 is 5.97 Å². The van der Waals surface area contributed by atoms with E-state index in [9.17, 15) is 9.59 Å². The van der Waals surface area contributed by atoms with E-state index >= 15 is 0 Å². The molecule has 1 heterocycles. The summed E-state index contributed by atoms with van der Waals surface area (Å²) in [6, 6.07) is 0. The van der Waals surface area contributed by atoms with Crippen molar-refractivity contribution in [3.63, 3.8) is 0 Å². The van der Waals surface area contributed by atoms with Gasteiger partial charge in [-0.3, -0.25) is 14.5 Å². The predicted octanol–water partition coefficient (Wildman–Crippen LogP) is 2.81. The van der Waals surface area contributed by atoms with Crippen molar-refractivity contribution in [2.75, 3.05) is 6.54 Å². The first-order chi connectivity index (χ1) is 8.97. The van der Waals surface area contributed by atoms with Gasteiger partial charge in [-0.05, 0) is 31.6 Å². The van der Waals surface area contributed by atoms with Gasteiger partial charge >= 0.3 is 5.97 Å². The van der Waals surface area contributed by atoms with Crippen LogP contribution in [-0.2, 0) is 9.59 Å². The van der Waals surface area contributed by atoms with Gasteiger partial charge in [-0.1, -0.05) is 52.6 Å². The average molecular weight is 411 g/mol. The van der Waals surface area contributed by atoms with Crippen molar-refractivity contribution < 1.29 is 14.7 Å². The summed E-state index contributed by atoms with van der Waals surface area (Å²) in [5, 5.41) is 8.76. The lowest BCUT2D eigenvalue weighted by Gasteiger charge is -2.22. The van der Waals surface area contributed by atoms with E-state index in [1.165, 1.54) is 24.6 Å². The zero-order valence-electron chi connectivity index (χ0n) is 10.2. The second-order valence-corrected chi connectivity index (χ2v) is 8.13. The second-order valence-electron chi connectivity index (χ2n) is 4.70. The summed E-state index contributed by atoms with van der Waals surface area (Å²) < 4.78 is 1.09. The van der Waals surface area contributed by atoms with Crippen LogP contribution in [0.2, 0.25) is 0 Å². The van der Waals surface area contributed by atoms with Gasteiger partial charge in [0, 0.05) is 3.92 Å². The highest BCUT2D eigenvalue weighted by Crippen LogP contribution is 2.36. The van der Waals surface area contributed by atoms with Gasteiger partial charge in [0.1, 0.15) is 10.9 Å². The van der Waals surface area contributed by atoms with Crippen LogP contribution in [-0.4, -0.2) is 36.7 Å². The molecule has 0 radical (unpaired) electrons. The van der Waals surface area contributed by atoms with Crippen molar-refractivity contribution in [1.29, 1.82) is 0 Å². The van der Waals surface area contributed by atoms with Crippen molar-refractivity contribution >= 4 is 62.8 Å². The number of carboxylic acids is 1. The summed E-state index contributed by atoms with van der Waals surface area (Å²) in [7, 11) is 0. The Morgan fingerprint density at radius 1 is 1.47 bits per heavy atom. The van der Waals surface area contributed by atoms with Gasteiger partial charge in [-0.25, -0.2) is 0 Å². The molecule has 0 aromatic heterocycles. The Bertz CT molecular complexity index is 444. The number of nitrogens with zero attached hydrogens (tertiary/aromatic N) is 1. The van der Waals surface area contributed by atoms with Gasteiger partial charge in [-0.15, -0.1) is 0 Å². The number of hydrogen-bond donors (Lipinski definition) is 1. The lowest BCUT2D eigenvalue weighted by Crippen LogP contribution is -2.33. The molecule has 1 amide bonds. The average Bonchev–Trinajstić information content (AvgIpc) is 2.60. The lowest BCUT2D eigenvalue weighted by molar-refractivity contribution is -0.140. The fourth-order valence-electron chi connectivity index (χ4n) is 2.24. The molecule has 1 saturated heterocycles. The summed E-state index contributed by atoms with van der Waals surface area (Å²) in [4.78, 5) is 24.5. The fraction of sp³-hybridized carbons (Fsp3) is 0.583. The molecule has 2 fully saturated rings. The highest BCUT2D eigenvalue weighted by atomic mass is 127. The molecule has 1 saturated carbocycles. The SMILES string of the molecule is O=C(O)CN1C(=O)C(=CC2CCC(I)CC2)SC1=S. The first-order valence-corrected chi connectivity index (χ1v) is 8.55. The van der Waals surface area contributed by atoms with E-state index in [-0.39, 0.29) is 12.5 Å². The molecule has 1 aliphatic heterocycles. The Morgan fingerprint density at radius 3 is 2.68 bits per heavy atom. The maximum absolute atomic E-state index is 12.1. The monoisotopic (exact) mass is 411 g/mol. The number of thioether (sulfide) groups is 1. The van der Waals surface area contributed by atoms with Crippen LogP contribution in [0, 0.1) is 5.92 Å². The van der Waals surface area contributed by atoms with Crippen LogP contribution in [0.5, 0.6) is 0 Å². The first-order valence-electron chi connectivity index (χ1n) is 6.08. The van der Waals surface area contributed by atoms with Crippen molar-refractivity contribution in [2.24, 2.45) is 5.92 Å². The van der Waals surface area contributed by atoms with E-state index in [0.29, 0.717) is 15.1 Å². The Labute approximate surface area is 135 Å². The molecule has 1 aliphatic carbocycles. The summed E-state index contributed by atoms with van der Waals surface area (Å²) in [6.45, 7) is -0.345. The summed E-state index contributed by atoms with van der Waals surface area (Å²) >= 11 is 8.75. The largest absolute Gasteiger partial charge is 0.480 e. The Kier molecular flexibility index (Phi) is 5.24. The van der Waals surface area contributed by atoms with E-state index in [0.717, 1.165) is 21.7 Å². The smallest absolute Gasteiger partial charge is 0.323 e. The van der Waals surface area contributed by atoms with Crippen LogP contribution >= 0.6 is 46.6 Å². The number of alkyl halides is 1. The third-order valence-corrected chi connectivity index (χ3v) is 5.90. The molecule has 1 N–H and O–H groups in total. The summed E-state index contributed by atoms with van der Waals surface area (Å²) in [6.07, 6.45) is 6.53. The summed E-state index contributed by atoms with van der Waals surface area (Å²) in [5.41, 5.74) is 0. The maximum atomic E-state index is 12.1. The number of carboxylic acid groups (broad SMARTS) is 1. The number of thiocarbonyl (C=S) groups is 1. The van der Waals surface area contributed by atoms with E-state index in [2.05, 4.69) is 22.6 Å². The third kappa shape index (κ3) is 3.91. The van der Waals surface area contributed by atoms with Crippen molar-refractivity contribution in [1.82, 2.24) is 4.90 Å². The van der Waals surface area contributed by atoms with Gasteiger partial charge in [0.25, 0.3) is 5.91 Å².